The van der Waals surface area contributed by atoms with Gasteiger partial charge in [0, 0.05) is 0 Å². The summed E-state index contributed by atoms with van der Waals surface area (Å²) in [6, 6.07) is 10.5. The average molecular weight is 227 g/mol. The van der Waals surface area contributed by atoms with Crippen molar-refractivity contribution in [2.75, 3.05) is 0 Å². The van der Waals surface area contributed by atoms with Crippen molar-refractivity contribution in [2.24, 2.45) is 0 Å². The zero-order chi connectivity index (χ0) is 11.5. The van der Waals surface area contributed by atoms with Crippen molar-refractivity contribution in [3.8, 4) is 0 Å². The molecule has 0 saturated heterocycles. The SMILES string of the molecule is CC(C)(C)[Si](C)(C)[N-]Cc1ccccc1.[Li+]. The van der Waals surface area contributed by atoms with Gasteiger partial charge in [-0.05, 0) is 0 Å². The minimum Gasteiger partial charge on any atom is -0.661 e. The molecule has 0 N–H and O–H groups in total. The Morgan fingerprint density at radius 2 is 1.56 bits per heavy atom. The summed E-state index contributed by atoms with van der Waals surface area (Å²) in [5, 5.41) is 0.349. The van der Waals surface area contributed by atoms with Crippen LogP contribution in [0, 0.1) is 0 Å². The maximum atomic E-state index is 4.94. The summed E-state index contributed by atoms with van der Waals surface area (Å²) >= 11 is 0. The predicted molar refractivity (Wildman–Crippen MR) is 70.7 cm³/mol. The Bertz CT molecular complexity index is 303. The summed E-state index contributed by atoms with van der Waals surface area (Å²) in [6.07, 6.45) is 0. The summed E-state index contributed by atoms with van der Waals surface area (Å²) in [7, 11) is -1.46. The van der Waals surface area contributed by atoms with E-state index >= 15 is 0 Å². The first-order chi connectivity index (χ1) is 6.83. The Labute approximate surface area is 113 Å². The van der Waals surface area contributed by atoms with Gasteiger partial charge in [-0.2, -0.15) is 0 Å². The Morgan fingerprint density at radius 3 is 2.00 bits per heavy atom. The molecule has 0 bridgehead atoms. The molecule has 0 amide bonds. The molecular weight excluding hydrogens is 205 g/mol. The first-order valence-electron chi connectivity index (χ1n) is 5.55. The van der Waals surface area contributed by atoms with Gasteiger partial charge in [0.25, 0.3) is 0 Å². The smallest absolute Gasteiger partial charge is 0.661 e. The molecule has 0 aliphatic heterocycles. The minimum atomic E-state index is -1.46. The van der Waals surface area contributed by atoms with Crippen molar-refractivity contribution in [1.29, 1.82) is 0 Å². The first-order valence-corrected chi connectivity index (χ1v) is 8.50. The number of benzene rings is 1. The monoisotopic (exact) mass is 227 g/mol. The number of hydrogen-bond donors (Lipinski definition) is 0. The van der Waals surface area contributed by atoms with E-state index in [2.05, 4.69) is 64.2 Å². The first kappa shape index (κ1) is 16.0. The predicted octanol–water partition coefficient (Wildman–Crippen LogP) is 1.57. The molecule has 0 fully saturated rings. The second-order valence-electron chi connectivity index (χ2n) is 5.61. The topological polar surface area (TPSA) is 14.1 Å². The van der Waals surface area contributed by atoms with E-state index in [1.165, 1.54) is 5.56 Å². The van der Waals surface area contributed by atoms with Gasteiger partial charge in [-0.25, -0.2) is 0 Å². The third-order valence-electron chi connectivity index (χ3n) is 3.34. The maximum Gasteiger partial charge on any atom is 1.00 e. The van der Waals surface area contributed by atoms with Gasteiger partial charge in [0.05, 0.1) is 0 Å². The van der Waals surface area contributed by atoms with E-state index in [9.17, 15) is 0 Å². The van der Waals surface area contributed by atoms with Crippen LogP contribution < -0.4 is 18.9 Å². The van der Waals surface area contributed by atoms with Crippen molar-refractivity contribution in [1.82, 2.24) is 0 Å². The van der Waals surface area contributed by atoms with Crippen LogP contribution >= 0.6 is 0 Å². The minimum absolute atomic E-state index is 0. The van der Waals surface area contributed by atoms with Crippen molar-refractivity contribution < 1.29 is 18.9 Å². The van der Waals surface area contributed by atoms with Gasteiger partial charge in [0.2, 0.25) is 0 Å². The van der Waals surface area contributed by atoms with E-state index in [4.69, 9.17) is 4.98 Å². The standard InChI is InChI=1S/C13H22NSi.Li/c1-13(2,3)15(4,5)14-11-12-9-7-6-8-10-12;/h6-10H,11H2,1-5H3;/q-1;+1. The fourth-order valence-electron chi connectivity index (χ4n) is 1.11. The van der Waals surface area contributed by atoms with Crippen LogP contribution in [-0.2, 0) is 6.54 Å². The fourth-order valence-corrected chi connectivity index (χ4v) is 2.16. The number of rotatable bonds is 3. The van der Waals surface area contributed by atoms with Crippen LogP contribution in [-0.4, -0.2) is 8.24 Å². The third kappa shape index (κ3) is 4.47. The van der Waals surface area contributed by atoms with Gasteiger partial charge < -0.3 is 4.98 Å². The molecule has 84 valence electrons. The normalized spacial score (nSPS) is 12.1. The molecule has 1 rings (SSSR count). The molecule has 0 aromatic heterocycles. The van der Waals surface area contributed by atoms with Crippen molar-refractivity contribution in [3.05, 3.63) is 40.9 Å². The Morgan fingerprint density at radius 1 is 1.06 bits per heavy atom. The average Bonchev–Trinajstić information content (AvgIpc) is 2.15. The molecule has 0 radical (unpaired) electrons. The van der Waals surface area contributed by atoms with Gasteiger partial charge in [0.15, 0.2) is 0 Å². The van der Waals surface area contributed by atoms with Gasteiger partial charge in [-0.3, -0.25) is 0 Å². The molecule has 0 spiro atoms. The summed E-state index contributed by atoms with van der Waals surface area (Å²) in [4.78, 5) is 4.94. The largest absolute Gasteiger partial charge is 1.00 e. The van der Waals surface area contributed by atoms with E-state index in [1.807, 2.05) is 0 Å². The van der Waals surface area contributed by atoms with Gasteiger partial charge in [0.1, 0.15) is 0 Å². The molecule has 3 heteroatoms. The molecule has 0 unspecified atom stereocenters. The molecular formula is C13H22LiNSi. The molecule has 0 atom stereocenters. The number of nitrogens with zero attached hydrogens (tertiary/aromatic N) is 1. The Kier molecular flexibility index (Phi) is 6.07. The zero-order valence-corrected chi connectivity index (χ0v) is 12.5. The van der Waals surface area contributed by atoms with Gasteiger partial charge >= 0.3 is 18.9 Å². The molecule has 16 heavy (non-hydrogen) atoms. The third-order valence-corrected chi connectivity index (χ3v) is 7.95. The Balaban J connectivity index is 0.00000225. The summed E-state index contributed by atoms with van der Waals surface area (Å²) in [5.74, 6) is 0. The van der Waals surface area contributed by atoms with Crippen LogP contribution in [0.5, 0.6) is 0 Å². The fraction of sp³-hybridized carbons (Fsp3) is 0.538. The zero-order valence-electron chi connectivity index (χ0n) is 11.5. The molecule has 1 aromatic rings. The molecule has 1 aromatic carbocycles. The molecule has 0 aliphatic carbocycles. The van der Waals surface area contributed by atoms with Crippen LogP contribution in [0.2, 0.25) is 18.1 Å². The molecule has 0 heterocycles. The van der Waals surface area contributed by atoms with Crippen LogP contribution in [0.3, 0.4) is 0 Å². The van der Waals surface area contributed by atoms with Crippen molar-refractivity contribution in [3.63, 3.8) is 0 Å². The molecule has 0 aliphatic rings. The quantitative estimate of drug-likeness (QED) is 0.696. The second-order valence-corrected chi connectivity index (χ2v) is 10.5. The maximum absolute atomic E-state index is 4.94. The van der Waals surface area contributed by atoms with E-state index in [0.717, 1.165) is 6.54 Å². The summed E-state index contributed by atoms with van der Waals surface area (Å²) < 4.78 is 0. The van der Waals surface area contributed by atoms with Crippen LogP contribution in [0.15, 0.2) is 30.3 Å². The van der Waals surface area contributed by atoms with Crippen molar-refractivity contribution in [2.45, 2.75) is 45.4 Å². The van der Waals surface area contributed by atoms with Crippen LogP contribution in [0.25, 0.3) is 4.98 Å². The molecule has 1 nitrogen and oxygen atoms in total. The Hall–Kier alpha value is -0.00571. The van der Waals surface area contributed by atoms with Gasteiger partial charge in [-0.15, -0.1) is 6.54 Å². The van der Waals surface area contributed by atoms with E-state index < -0.39 is 8.24 Å². The van der Waals surface area contributed by atoms with Crippen molar-refractivity contribution >= 4 is 8.24 Å². The summed E-state index contributed by atoms with van der Waals surface area (Å²) in [6.45, 7) is 12.5. The van der Waals surface area contributed by atoms with E-state index in [0.29, 0.717) is 5.04 Å². The molecule has 0 saturated carbocycles. The van der Waals surface area contributed by atoms with Crippen LogP contribution in [0.1, 0.15) is 26.3 Å². The van der Waals surface area contributed by atoms with E-state index in [1.54, 1.807) is 0 Å². The van der Waals surface area contributed by atoms with Gasteiger partial charge in [-0.1, -0.05) is 83.0 Å². The van der Waals surface area contributed by atoms with E-state index in [-0.39, 0.29) is 18.9 Å². The second kappa shape index (κ2) is 6.07. The summed E-state index contributed by atoms with van der Waals surface area (Å²) in [5.41, 5.74) is 1.32. The van der Waals surface area contributed by atoms with Crippen LogP contribution in [0.4, 0.5) is 0 Å². The number of hydrogen-bond acceptors (Lipinski definition) is 0.